The van der Waals surface area contributed by atoms with E-state index in [0.717, 1.165) is 64.6 Å². The number of nitro groups is 1. The fourth-order valence-corrected chi connectivity index (χ4v) is 4.77. The monoisotopic (exact) mass is 569 g/mol. The van der Waals surface area contributed by atoms with Crippen molar-refractivity contribution in [3.05, 3.63) is 10.1 Å². The van der Waals surface area contributed by atoms with E-state index in [9.17, 15) is 14.9 Å². The number of nitrogens with one attached hydrogen (secondary N) is 1. The van der Waals surface area contributed by atoms with Crippen molar-refractivity contribution in [3.8, 4) is 0 Å². The molecular formula is C31H63N5O4. The Labute approximate surface area is 246 Å². The number of hydrogen-bond acceptors (Lipinski definition) is 5. The molecule has 0 heterocycles. The minimum absolute atomic E-state index is 0.0367. The van der Waals surface area contributed by atoms with Gasteiger partial charge in [0.1, 0.15) is 5.10 Å². The lowest BCUT2D eigenvalue weighted by Crippen LogP contribution is -2.38. The number of carbonyl (C=O) groups excluding carboxylic acids is 1. The van der Waals surface area contributed by atoms with Crippen molar-refractivity contribution in [2.24, 2.45) is 5.10 Å². The van der Waals surface area contributed by atoms with Crippen LogP contribution in [0.25, 0.3) is 0 Å². The van der Waals surface area contributed by atoms with Crippen LogP contribution in [0.15, 0.2) is 5.10 Å². The summed E-state index contributed by atoms with van der Waals surface area (Å²) in [5, 5.41) is 16.6. The lowest BCUT2D eigenvalue weighted by atomic mass is 10.1. The van der Waals surface area contributed by atoms with Gasteiger partial charge in [0.2, 0.25) is 0 Å². The van der Waals surface area contributed by atoms with Crippen molar-refractivity contribution >= 4 is 11.9 Å². The van der Waals surface area contributed by atoms with E-state index < -0.39 is 5.03 Å². The van der Waals surface area contributed by atoms with Crippen LogP contribution in [-0.4, -0.2) is 73.6 Å². The molecule has 9 nitrogen and oxygen atoms in total. The van der Waals surface area contributed by atoms with Gasteiger partial charge in [0, 0.05) is 27.1 Å². The second kappa shape index (κ2) is 28.6. The molecule has 236 valence electrons. The number of rotatable bonds is 28. The number of hydrazone groups is 1. The Balaban J connectivity index is 4.08. The summed E-state index contributed by atoms with van der Waals surface area (Å²) in [5.41, 5.74) is 0. The first-order valence-corrected chi connectivity index (χ1v) is 16.4. The van der Waals surface area contributed by atoms with Crippen molar-refractivity contribution in [1.82, 2.24) is 15.1 Å². The highest BCUT2D eigenvalue weighted by Gasteiger charge is 2.09. The summed E-state index contributed by atoms with van der Waals surface area (Å²) in [7, 11) is 3.50. The van der Waals surface area contributed by atoms with Crippen molar-refractivity contribution in [3.63, 3.8) is 0 Å². The second-order valence-electron chi connectivity index (χ2n) is 11.3. The normalized spacial score (nSPS) is 11.7. The topological polar surface area (TPSA) is 100 Å². The van der Waals surface area contributed by atoms with E-state index >= 15 is 0 Å². The molecule has 0 saturated heterocycles. The Morgan fingerprint density at radius 3 is 1.73 bits per heavy atom. The van der Waals surface area contributed by atoms with E-state index in [4.69, 9.17) is 4.74 Å². The first-order chi connectivity index (χ1) is 19.4. The van der Waals surface area contributed by atoms with Crippen LogP contribution in [-0.2, 0) is 9.53 Å². The van der Waals surface area contributed by atoms with Gasteiger partial charge in [0.15, 0.2) is 5.03 Å². The van der Waals surface area contributed by atoms with E-state index in [1.165, 1.54) is 77.0 Å². The number of hydrogen-bond donors (Lipinski definition) is 1. The lowest BCUT2D eigenvalue weighted by Gasteiger charge is -2.23. The van der Waals surface area contributed by atoms with Gasteiger partial charge in [-0.2, -0.15) is 0 Å². The van der Waals surface area contributed by atoms with Crippen LogP contribution in [0.1, 0.15) is 142 Å². The van der Waals surface area contributed by atoms with Gasteiger partial charge in [-0.25, -0.2) is 10.1 Å². The molecule has 0 aromatic carbocycles. The fraction of sp³-hybridized carbons (Fsp3) is 0.935. The molecule has 40 heavy (non-hydrogen) atoms. The molecule has 0 rings (SSSR count). The van der Waals surface area contributed by atoms with Gasteiger partial charge in [-0.1, -0.05) is 104 Å². The van der Waals surface area contributed by atoms with Gasteiger partial charge in [-0.15, -0.1) is 0 Å². The molecule has 0 aliphatic heterocycles. The molecule has 1 N–H and O–H groups in total. The molecule has 0 aromatic heterocycles. The number of nitrogens with zero attached hydrogens (tertiary/aromatic N) is 4. The summed E-state index contributed by atoms with van der Waals surface area (Å²) in [4.78, 5) is 26.9. The summed E-state index contributed by atoms with van der Waals surface area (Å²) in [5.74, 6) is 0.250. The zero-order chi connectivity index (χ0) is 29.7. The predicted molar refractivity (Wildman–Crippen MR) is 167 cm³/mol. The third-order valence-electron chi connectivity index (χ3n) is 7.23. The number of unbranched alkanes of at least 4 members (excludes halogenated alkanes) is 15. The van der Waals surface area contributed by atoms with Crippen molar-refractivity contribution in [1.29, 1.82) is 0 Å². The Morgan fingerprint density at radius 1 is 0.725 bits per heavy atom. The number of ether oxygens (including phenoxy) is 1. The van der Waals surface area contributed by atoms with Crippen molar-refractivity contribution in [2.75, 3.05) is 46.9 Å². The molecule has 0 bridgehead atoms. The highest BCUT2D eigenvalue weighted by atomic mass is 16.7. The Kier molecular flexibility index (Phi) is 27.3. The predicted octanol–water partition coefficient (Wildman–Crippen LogP) is 7.37. The van der Waals surface area contributed by atoms with Gasteiger partial charge in [0.05, 0.1) is 6.61 Å². The molecule has 0 aromatic rings. The summed E-state index contributed by atoms with van der Waals surface area (Å²) in [6.07, 6.45) is 23.3. The van der Waals surface area contributed by atoms with Crippen molar-refractivity contribution in [2.45, 2.75) is 142 Å². The quantitative estimate of drug-likeness (QED) is 0.0262. The first-order valence-electron chi connectivity index (χ1n) is 16.4. The molecule has 0 aliphatic rings. The third-order valence-corrected chi connectivity index (χ3v) is 7.23. The summed E-state index contributed by atoms with van der Waals surface area (Å²) in [6.45, 7) is 8.89. The highest BCUT2D eigenvalue weighted by Crippen LogP contribution is 2.11. The molecule has 0 atom stereocenters. The summed E-state index contributed by atoms with van der Waals surface area (Å²) < 4.78 is 5.40. The number of carbonyl (C=O) groups is 1. The molecule has 0 fully saturated rings. The van der Waals surface area contributed by atoms with Crippen LogP contribution < -0.4 is 5.32 Å². The van der Waals surface area contributed by atoms with Gasteiger partial charge < -0.3 is 19.9 Å². The summed E-state index contributed by atoms with van der Waals surface area (Å²) >= 11 is 0. The highest BCUT2D eigenvalue weighted by molar-refractivity contribution is 5.78. The average Bonchev–Trinajstić information content (AvgIpc) is 2.92. The Morgan fingerprint density at radius 2 is 1.20 bits per heavy atom. The largest absolute Gasteiger partial charge is 0.466 e. The van der Waals surface area contributed by atoms with Crippen LogP contribution in [0.4, 0.5) is 0 Å². The molecule has 0 aliphatic carbocycles. The van der Waals surface area contributed by atoms with Crippen molar-refractivity contribution < 1.29 is 14.6 Å². The fourth-order valence-electron chi connectivity index (χ4n) is 4.77. The maximum absolute atomic E-state index is 12.0. The maximum atomic E-state index is 12.0. The molecule has 0 radical (unpaired) electrons. The third kappa shape index (κ3) is 26.3. The second-order valence-corrected chi connectivity index (χ2v) is 11.3. The molecule has 0 amide bonds. The molecule has 0 saturated carbocycles. The van der Waals surface area contributed by atoms with E-state index in [0.29, 0.717) is 19.6 Å². The average molecular weight is 570 g/mol. The maximum Gasteiger partial charge on any atom is 0.305 e. The van der Waals surface area contributed by atoms with Crippen LogP contribution in [0.5, 0.6) is 0 Å². The minimum atomic E-state index is -0.659. The van der Waals surface area contributed by atoms with E-state index in [1.54, 1.807) is 19.0 Å². The van der Waals surface area contributed by atoms with Crippen LogP contribution in [0.3, 0.4) is 0 Å². The van der Waals surface area contributed by atoms with Crippen LogP contribution in [0, 0.1) is 10.1 Å². The standard InChI is InChI=1S/C31H63N5O4/c1-5-7-9-11-13-18-22-29-40-30(37)24-19-15-14-17-21-27-35(26-20-16-12-10-8-6-2)28-23-25-32-31(34(3)4)33-36(38)39/h5-29H2,1-4H3,(H,32,33). The summed E-state index contributed by atoms with van der Waals surface area (Å²) in [6, 6.07) is 0. The lowest BCUT2D eigenvalue weighted by molar-refractivity contribution is -0.485. The number of esters is 1. The van der Waals surface area contributed by atoms with E-state index in [2.05, 4.69) is 29.2 Å². The van der Waals surface area contributed by atoms with Gasteiger partial charge in [-0.3, -0.25) is 4.79 Å². The van der Waals surface area contributed by atoms with Crippen LogP contribution in [0.2, 0.25) is 0 Å². The Hall–Kier alpha value is -1.90. The smallest absolute Gasteiger partial charge is 0.305 e. The zero-order valence-electron chi connectivity index (χ0n) is 26.6. The first kappa shape index (κ1) is 38.1. The van der Waals surface area contributed by atoms with Gasteiger partial charge >= 0.3 is 5.97 Å². The van der Waals surface area contributed by atoms with Gasteiger partial charge in [-0.05, 0) is 51.7 Å². The SMILES string of the molecule is CCCCCCCCCOC(=O)CCCCCCCN(CCCCCCCC)CCCN/C(=N/[N+](=O)[O-])N(C)C. The zero-order valence-corrected chi connectivity index (χ0v) is 26.6. The molecule has 0 spiro atoms. The van der Waals surface area contributed by atoms with E-state index in [1.807, 2.05) is 0 Å². The number of guanidine groups is 1. The van der Waals surface area contributed by atoms with Crippen LogP contribution >= 0.6 is 0 Å². The molecular weight excluding hydrogens is 506 g/mol. The minimum Gasteiger partial charge on any atom is -0.466 e. The molecule has 0 unspecified atom stereocenters. The van der Waals surface area contributed by atoms with Gasteiger partial charge in [0.25, 0.3) is 5.96 Å². The van der Waals surface area contributed by atoms with E-state index in [-0.39, 0.29) is 11.9 Å². The molecule has 9 heteroatoms. The Bertz CT molecular complexity index is 631.